The summed E-state index contributed by atoms with van der Waals surface area (Å²) in [6.45, 7) is 7.12. The summed E-state index contributed by atoms with van der Waals surface area (Å²) in [5.41, 5.74) is 0.411. The van der Waals surface area contributed by atoms with E-state index < -0.39 is 25.6 Å². The predicted molar refractivity (Wildman–Crippen MR) is 128 cm³/mol. The van der Waals surface area contributed by atoms with Gasteiger partial charge >= 0.3 is 5.97 Å². The van der Waals surface area contributed by atoms with Crippen LogP contribution in [0.5, 0.6) is 23.0 Å². The van der Waals surface area contributed by atoms with Crippen molar-refractivity contribution in [3.63, 3.8) is 0 Å². The number of aromatic hydroxyl groups is 2. The number of ketones is 2. The van der Waals surface area contributed by atoms with Crippen molar-refractivity contribution in [3.8, 4) is 35.3 Å². The Morgan fingerprint density at radius 3 is 2.15 bits per heavy atom. The lowest BCUT2D eigenvalue weighted by Crippen LogP contribution is -2.45. The van der Waals surface area contributed by atoms with Crippen LogP contribution in [0.1, 0.15) is 56.3 Å². The normalized spacial score (nSPS) is 16.8. The molecule has 0 heterocycles. The zero-order chi connectivity index (χ0) is 25.1. The van der Waals surface area contributed by atoms with Crippen molar-refractivity contribution in [2.24, 2.45) is 5.92 Å². The van der Waals surface area contributed by atoms with Gasteiger partial charge in [-0.05, 0) is 24.4 Å². The van der Waals surface area contributed by atoms with Crippen LogP contribution in [-0.2, 0) is 17.6 Å². The zero-order valence-electron chi connectivity index (χ0n) is 19.8. The highest BCUT2D eigenvalue weighted by Crippen LogP contribution is 2.48. The van der Waals surface area contributed by atoms with Crippen LogP contribution in [0.3, 0.4) is 0 Å². The third-order valence-corrected chi connectivity index (χ3v) is 8.47. The van der Waals surface area contributed by atoms with Crippen molar-refractivity contribution in [3.05, 3.63) is 39.4 Å². The molecule has 0 radical (unpaired) electrons. The van der Waals surface area contributed by atoms with Crippen molar-refractivity contribution in [1.82, 2.24) is 0 Å². The fourth-order valence-electron chi connectivity index (χ4n) is 5.04. The van der Waals surface area contributed by atoms with Gasteiger partial charge in [0.2, 0.25) is 5.78 Å². The first-order chi connectivity index (χ1) is 15.9. The summed E-state index contributed by atoms with van der Waals surface area (Å²) in [5, 5.41) is 22.8. The maximum absolute atomic E-state index is 14.0. The molecule has 2 aliphatic rings. The molecule has 0 unspecified atom stereocenters. The number of phenols is 2. The number of esters is 1. The summed E-state index contributed by atoms with van der Waals surface area (Å²) in [5.74, 6) is 0.289. The van der Waals surface area contributed by atoms with Gasteiger partial charge in [0.25, 0.3) is 0 Å². The summed E-state index contributed by atoms with van der Waals surface area (Å²) < 4.78 is 10.9. The molecular formula is C26H26O7Si. The Kier molecular flexibility index (Phi) is 5.57. The second-order valence-corrected chi connectivity index (χ2v) is 14.7. The number of rotatable bonds is 3. The second-order valence-electron chi connectivity index (χ2n) is 9.71. The van der Waals surface area contributed by atoms with E-state index in [1.165, 1.54) is 20.1 Å². The molecule has 0 saturated carbocycles. The topological polar surface area (TPSA) is 110 Å². The van der Waals surface area contributed by atoms with E-state index in [1.54, 1.807) is 0 Å². The van der Waals surface area contributed by atoms with Gasteiger partial charge in [-0.15, -0.1) is 12.3 Å². The van der Waals surface area contributed by atoms with E-state index in [4.69, 9.17) is 15.9 Å². The van der Waals surface area contributed by atoms with Crippen molar-refractivity contribution >= 4 is 30.8 Å². The molecule has 0 amide bonds. The Morgan fingerprint density at radius 2 is 1.62 bits per heavy atom. The van der Waals surface area contributed by atoms with Crippen molar-refractivity contribution < 1.29 is 34.1 Å². The maximum Gasteiger partial charge on any atom is 0.308 e. The van der Waals surface area contributed by atoms with E-state index in [0.717, 1.165) is 0 Å². The fraction of sp³-hybridized carbons (Fsp3) is 0.346. The van der Waals surface area contributed by atoms with Gasteiger partial charge in [-0.2, -0.15) is 0 Å². The van der Waals surface area contributed by atoms with Gasteiger partial charge in [-0.25, -0.2) is 0 Å². The molecule has 2 N–H and O–H groups in total. The van der Waals surface area contributed by atoms with Gasteiger partial charge in [-0.1, -0.05) is 19.6 Å². The van der Waals surface area contributed by atoms with E-state index in [2.05, 4.69) is 5.92 Å². The highest BCUT2D eigenvalue weighted by atomic mass is 28.3. The molecule has 0 saturated heterocycles. The summed E-state index contributed by atoms with van der Waals surface area (Å²) in [7, 11) is -1.06. The van der Waals surface area contributed by atoms with Crippen LogP contribution in [0.25, 0.3) is 0 Å². The lowest BCUT2D eigenvalue weighted by Gasteiger charge is -2.31. The number of carbonyl (C=O) groups is 3. The molecule has 176 valence electrons. The van der Waals surface area contributed by atoms with E-state index >= 15 is 0 Å². The molecule has 34 heavy (non-hydrogen) atoms. The maximum atomic E-state index is 14.0. The zero-order valence-corrected chi connectivity index (χ0v) is 20.8. The molecule has 2 aromatic rings. The summed E-state index contributed by atoms with van der Waals surface area (Å²) in [6, 6.07) is 1.44. The third-order valence-electron chi connectivity index (χ3n) is 6.48. The average Bonchev–Trinajstić information content (AvgIpc) is 2.77. The van der Waals surface area contributed by atoms with Crippen LogP contribution in [0, 0.1) is 18.3 Å². The molecule has 4 rings (SSSR count). The number of phenolic OH excluding ortho intramolecular Hbond substituents is 2. The molecule has 2 aliphatic carbocycles. The lowest BCUT2D eigenvalue weighted by atomic mass is 9.75. The van der Waals surface area contributed by atoms with E-state index in [-0.39, 0.29) is 51.2 Å². The van der Waals surface area contributed by atoms with E-state index in [0.29, 0.717) is 35.6 Å². The van der Waals surface area contributed by atoms with Crippen LogP contribution in [-0.4, -0.2) is 42.9 Å². The average molecular weight is 479 g/mol. The van der Waals surface area contributed by atoms with Crippen LogP contribution in [0.4, 0.5) is 0 Å². The van der Waals surface area contributed by atoms with Gasteiger partial charge in [-0.3, -0.25) is 14.4 Å². The van der Waals surface area contributed by atoms with Crippen molar-refractivity contribution in [1.29, 1.82) is 0 Å². The summed E-state index contributed by atoms with van der Waals surface area (Å²) in [4.78, 5) is 39.6. The smallest absolute Gasteiger partial charge is 0.308 e. The lowest BCUT2D eigenvalue weighted by molar-refractivity contribution is -0.131. The van der Waals surface area contributed by atoms with E-state index in [9.17, 15) is 24.6 Å². The number of terminal acetylenes is 1. The van der Waals surface area contributed by atoms with Crippen molar-refractivity contribution in [2.75, 3.05) is 7.11 Å². The number of carbonyl (C=O) groups excluding carboxylic acids is 3. The van der Waals surface area contributed by atoms with Gasteiger partial charge in [0.15, 0.2) is 5.78 Å². The number of benzene rings is 2. The second kappa shape index (κ2) is 8.03. The van der Waals surface area contributed by atoms with Crippen LogP contribution < -0.4 is 14.7 Å². The fourth-order valence-corrected chi connectivity index (χ4v) is 6.89. The van der Waals surface area contributed by atoms with Gasteiger partial charge in [0.1, 0.15) is 23.0 Å². The monoisotopic (exact) mass is 478 g/mol. The number of hydrogen-bond acceptors (Lipinski definition) is 7. The standard InChI is InChI=1S/C26H26O7Si/c1-7-13-8-9-14-15(10-13)23(29)20-19(22(14)28)24(30)18-16(32-3)11-17(33-12(2)27)26(34(4,5)6)21(18)25(20)31/h1,11,13,28-29H,8-10H2,2-6H3/t13-/m0/s1. The highest BCUT2D eigenvalue weighted by Gasteiger charge is 2.44. The third kappa shape index (κ3) is 3.39. The first-order valence-electron chi connectivity index (χ1n) is 11.0. The minimum absolute atomic E-state index is 0.000267. The Labute approximate surface area is 198 Å². The molecule has 0 fully saturated rings. The van der Waals surface area contributed by atoms with Crippen LogP contribution in [0.2, 0.25) is 19.6 Å². The van der Waals surface area contributed by atoms with Crippen LogP contribution >= 0.6 is 0 Å². The quantitative estimate of drug-likeness (QED) is 0.196. The van der Waals surface area contributed by atoms with E-state index in [1.807, 2.05) is 19.6 Å². The SMILES string of the molecule is C#C[C@H]1CCc2c(O)c3c(c(O)c2C1)C(=O)c1c(c(OC)cc(OC(C)=O)c1[Si](C)(C)C)C3=O. The first-order valence-corrected chi connectivity index (χ1v) is 14.5. The Morgan fingerprint density at radius 1 is 1.03 bits per heavy atom. The molecule has 0 bridgehead atoms. The number of methoxy groups -OCH3 is 1. The van der Waals surface area contributed by atoms with Crippen LogP contribution in [0.15, 0.2) is 6.07 Å². The Hall–Kier alpha value is -3.57. The molecule has 7 nitrogen and oxygen atoms in total. The molecule has 8 heteroatoms. The Balaban J connectivity index is 2.11. The molecular weight excluding hydrogens is 452 g/mol. The molecule has 0 spiro atoms. The molecule has 0 aromatic heterocycles. The molecule has 1 atom stereocenters. The predicted octanol–water partition coefficient (Wildman–Crippen LogP) is 3.09. The minimum atomic E-state index is -2.41. The Bertz CT molecular complexity index is 1320. The number of hydrogen-bond donors (Lipinski definition) is 2. The van der Waals surface area contributed by atoms with Crippen molar-refractivity contribution in [2.45, 2.75) is 45.8 Å². The van der Waals surface area contributed by atoms with Gasteiger partial charge in [0, 0.05) is 35.6 Å². The minimum Gasteiger partial charge on any atom is -0.507 e. The summed E-state index contributed by atoms with van der Waals surface area (Å²) >= 11 is 0. The number of fused-ring (bicyclic) bond motifs is 3. The molecule has 2 aromatic carbocycles. The summed E-state index contributed by atoms with van der Waals surface area (Å²) in [6.07, 6.45) is 6.87. The largest absolute Gasteiger partial charge is 0.507 e. The molecule has 0 aliphatic heterocycles. The highest BCUT2D eigenvalue weighted by molar-refractivity contribution is 6.90. The van der Waals surface area contributed by atoms with Gasteiger partial charge < -0.3 is 19.7 Å². The first kappa shape index (κ1) is 23.6. The number of ether oxygens (including phenoxy) is 2. The van der Waals surface area contributed by atoms with Gasteiger partial charge in [0.05, 0.1) is 31.9 Å².